The third-order valence-electron chi connectivity index (χ3n) is 2.85. The van der Waals surface area contributed by atoms with Gasteiger partial charge >= 0.3 is 0 Å². The van der Waals surface area contributed by atoms with E-state index in [1.807, 2.05) is 30.3 Å². The Kier molecular flexibility index (Phi) is 4.40. The van der Waals surface area contributed by atoms with E-state index < -0.39 is 10.8 Å². The van der Waals surface area contributed by atoms with Crippen LogP contribution >= 0.6 is 0 Å². The number of hydrogen-bond donors (Lipinski definition) is 1. The number of rotatable bonds is 4. The molecule has 2 aromatic carbocycles. The second-order valence-corrected chi connectivity index (χ2v) is 4.37. The standard InChI is InChI=1S/C15H13N3O3/c1-11-7-8-13(9-14(11)18(20)21)15(19)17-16-10-12-5-3-2-4-6-12/h2-10H,1H3,(H,17,19)/b16-10+. The van der Waals surface area contributed by atoms with E-state index >= 15 is 0 Å². The fraction of sp³-hybridized carbons (Fsp3) is 0.0667. The minimum absolute atomic E-state index is 0.0883. The lowest BCUT2D eigenvalue weighted by Crippen LogP contribution is -2.17. The van der Waals surface area contributed by atoms with E-state index in [9.17, 15) is 14.9 Å². The third-order valence-corrected chi connectivity index (χ3v) is 2.85. The summed E-state index contributed by atoms with van der Waals surface area (Å²) >= 11 is 0. The van der Waals surface area contributed by atoms with Crippen LogP contribution in [0.2, 0.25) is 0 Å². The van der Waals surface area contributed by atoms with Gasteiger partial charge in [0.2, 0.25) is 0 Å². The summed E-state index contributed by atoms with van der Waals surface area (Å²) in [5.41, 5.74) is 3.79. The highest BCUT2D eigenvalue weighted by molar-refractivity contribution is 5.95. The predicted octanol–water partition coefficient (Wildman–Crippen LogP) is 2.67. The Balaban J connectivity index is 2.09. The van der Waals surface area contributed by atoms with Gasteiger partial charge in [-0.1, -0.05) is 36.4 Å². The van der Waals surface area contributed by atoms with Gasteiger partial charge in [-0.3, -0.25) is 14.9 Å². The van der Waals surface area contributed by atoms with Gasteiger partial charge in [0, 0.05) is 17.2 Å². The molecule has 0 bridgehead atoms. The highest BCUT2D eigenvalue weighted by Crippen LogP contribution is 2.19. The zero-order valence-corrected chi connectivity index (χ0v) is 11.3. The lowest BCUT2D eigenvalue weighted by atomic mass is 10.1. The number of amides is 1. The molecule has 0 saturated carbocycles. The van der Waals surface area contributed by atoms with Crippen molar-refractivity contribution < 1.29 is 9.72 Å². The predicted molar refractivity (Wildman–Crippen MR) is 79.3 cm³/mol. The second kappa shape index (κ2) is 6.42. The van der Waals surface area contributed by atoms with Crippen LogP contribution in [0.5, 0.6) is 0 Å². The molecule has 0 radical (unpaired) electrons. The van der Waals surface area contributed by atoms with E-state index in [1.165, 1.54) is 24.4 Å². The fourth-order valence-corrected chi connectivity index (χ4v) is 1.72. The molecule has 0 unspecified atom stereocenters. The maximum atomic E-state index is 11.9. The Bertz CT molecular complexity index is 697. The number of hydrogen-bond acceptors (Lipinski definition) is 4. The van der Waals surface area contributed by atoms with Crippen molar-refractivity contribution in [2.24, 2.45) is 5.10 Å². The van der Waals surface area contributed by atoms with E-state index in [-0.39, 0.29) is 11.3 Å². The summed E-state index contributed by atoms with van der Waals surface area (Å²) < 4.78 is 0. The van der Waals surface area contributed by atoms with Gasteiger partial charge in [-0.15, -0.1) is 0 Å². The van der Waals surface area contributed by atoms with Gasteiger partial charge in [0.05, 0.1) is 11.1 Å². The second-order valence-electron chi connectivity index (χ2n) is 4.37. The summed E-state index contributed by atoms with van der Waals surface area (Å²) in [7, 11) is 0. The number of nitro groups is 1. The van der Waals surface area contributed by atoms with E-state index in [0.29, 0.717) is 5.56 Å². The monoisotopic (exact) mass is 283 g/mol. The number of nitro benzene ring substituents is 1. The van der Waals surface area contributed by atoms with Crippen molar-refractivity contribution in [1.82, 2.24) is 5.43 Å². The number of aryl methyl sites for hydroxylation is 1. The molecule has 0 atom stereocenters. The molecule has 0 aliphatic carbocycles. The van der Waals surface area contributed by atoms with Gasteiger partial charge in [0.25, 0.3) is 11.6 Å². The number of nitrogens with zero attached hydrogens (tertiary/aromatic N) is 2. The van der Waals surface area contributed by atoms with Crippen LogP contribution in [0, 0.1) is 17.0 Å². The van der Waals surface area contributed by atoms with Crippen LogP contribution in [0.1, 0.15) is 21.5 Å². The summed E-state index contributed by atoms with van der Waals surface area (Å²) in [6.07, 6.45) is 1.50. The molecular weight excluding hydrogens is 270 g/mol. The maximum absolute atomic E-state index is 11.9. The van der Waals surface area contributed by atoms with E-state index in [4.69, 9.17) is 0 Å². The van der Waals surface area contributed by atoms with Gasteiger partial charge in [-0.2, -0.15) is 5.10 Å². The zero-order valence-electron chi connectivity index (χ0n) is 11.3. The first kappa shape index (κ1) is 14.4. The van der Waals surface area contributed by atoms with Crippen molar-refractivity contribution in [1.29, 1.82) is 0 Å². The highest BCUT2D eigenvalue weighted by atomic mass is 16.6. The van der Waals surface area contributed by atoms with Crippen LogP contribution in [0.15, 0.2) is 53.6 Å². The summed E-state index contributed by atoms with van der Waals surface area (Å²) in [6, 6.07) is 13.6. The van der Waals surface area contributed by atoms with Crippen LogP contribution in [0.25, 0.3) is 0 Å². The smallest absolute Gasteiger partial charge is 0.267 e. The van der Waals surface area contributed by atoms with Crippen LogP contribution in [-0.2, 0) is 0 Å². The molecule has 0 saturated heterocycles. The molecule has 0 spiro atoms. The van der Waals surface area contributed by atoms with Gasteiger partial charge in [-0.05, 0) is 18.6 Å². The first-order valence-corrected chi connectivity index (χ1v) is 6.21. The molecule has 6 heteroatoms. The molecule has 2 rings (SSSR count). The normalized spacial score (nSPS) is 10.5. The molecule has 0 aliphatic heterocycles. The van der Waals surface area contributed by atoms with E-state index in [2.05, 4.69) is 10.5 Å². The number of benzene rings is 2. The van der Waals surface area contributed by atoms with Crippen molar-refractivity contribution >= 4 is 17.8 Å². The fourth-order valence-electron chi connectivity index (χ4n) is 1.72. The average Bonchev–Trinajstić information content (AvgIpc) is 2.48. The van der Waals surface area contributed by atoms with Crippen LogP contribution < -0.4 is 5.43 Å². The minimum atomic E-state index is -0.515. The molecule has 21 heavy (non-hydrogen) atoms. The number of nitrogens with one attached hydrogen (secondary N) is 1. The molecule has 0 aliphatic rings. The molecule has 0 heterocycles. The Morgan fingerprint density at radius 2 is 1.95 bits per heavy atom. The van der Waals surface area contributed by atoms with Gasteiger partial charge < -0.3 is 0 Å². The third kappa shape index (κ3) is 3.73. The average molecular weight is 283 g/mol. The maximum Gasteiger partial charge on any atom is 0.273 e. The number of carbonyl (C=O) groups is 1. The van der Waals surface area contributed by atoms with Gasteiger partial charge in [-0.25, -0.2) is 5.43 Å². The Morgan fingerprint density at radius 3 is 2.62 bits per heavy atom. The topological polar surface area (TPSA) is 84.6 Å². The largest absolute Gasteiger partial charge is 0.273 e. The zero-order chi connectivity index (χ0) is 15.2. The summed E-state index contributed by atoms with van der Waals surface area (Å²) in [4.78, 5) is 22.2. The van der Waals surface area contributed by atoms with Crippen molar-refractivity contribution in [2.45, 2.75) is 6.92 Å². The molecule has 0 fully saturated rings. The molecule has 6 nitrogen and oxygen atoms in total. The Labute approximate surface area is 121 Å². The number of carbonyl (C=O) groups excluding carboxylic acids is 1. The van der Waals surface area contributed by atoms with Crippen LogP contribution in [0.3, 0.4) is 0 Å². The van der Waals surface area contributed by atoms with E-state index in [0.717, 1.165) is 5.56 Å². The molecule has 1 amide bonds. The van der Waals surface area contributed by atoms with Crippen molar-refractivity contribution in [3.63, 3.8) is 0 Å². The van der Waals surface area contributed by atoms with Gasteiger partial charge in [0.1, 0.15) is 0 Å². The van der Waals surface area contributed by atoms with Crippen molar-refractivity contribution in [2.75, 3.05) is 0 Å². The molecule has 0 aromatic heterocycles. The number of hydrazone groups is 1. The summed E-state index contributed by atoms with van der Waals surface area (Å²) in [5.74, 6) is -0.495. The summed E-state index contributed by atoms with van der Waals surface area (Å²) in [6.45, 7) is 1.62. The molecule has 1 N–H and O–H groups in total. The Hall–Kier alpha value is -3.02. The quantitative estimate of drug-likeness (QED) is 0.532. The van der Waals surface area contributed by atoms with Gasteiger partial charge in [0.15, 0.2) is 0 Å². The van der Waals surface area contributed by atoms with Crippen molar-refractivity contribution in [3.8, 4) is 0 Å². The van der Waals surface area contributed by atoms with E-state index in [1.54, 1.807) is 6.92 Å². The SMILES string of the molecule is Cc1ccc(C(=O)N/N=C/c2ccccc2)cc1[N+](=O)[O-]. The first-order chi connectivity index (χ1) is 10.1. The lowest BCUT2D eigenvalue weighted by Gasteiger charge is -2.02. The molecule has 106 valence electrons. The minimum Gasteiger partial charge on any atom is -0.267 e. The van der Waals surface area contributed by atoms with Crippen LogP contribution in [-0.4, -0.2) is 17.0 Å². The summed E-state index contributed by atoms with van der Waals surface area (Å²) in [5, 5.41) is 14.7. The molecule has 2 aromatic rings. The molecular formula is C15H13N3O3. The highest BCUT2D eigenvalue weighted by Gasteiger charge is 2.14. The first-order valence-electron chi connectivity index (χ1n) is 6.21. The van der Waals surface area contributed by atoms with Crippen LogP contribution in [0.4, 0.5) is 5.69 Å². The Morgan fingerprint density at radius 1 is 1.24 bits per heavy atom. The van der Waals surface area contributed by atoms with Crippen molar-refractivity contribution in [3.05, 3.63) is 75.3 Å². The lowest BCUT2D eigenvalue weighted by molar-refractivity contribution is -0.385.